The summed E-state index contributed by atoms with van der Waals surface area (Å²) in [5.41, 5.74) is 0.992. The van der Waals surface area contributed by atoms with Gasteiger partial charge < -0.3 is 5.11 Å². The van der Waals surface area contributed by atoms with Gasteiger partial charge in [-0.2, -0.15) is 0 Å². The molecule has 5 nitrogen and oxygen atoms in total. The first-order valence-electron chi connectivity index (χ1n) is 6.66. The topological polar surface area (TPSA) is 80.4 Å². The van der Waals surface area contributed by atoms with Crippen molar-refractivity contribution < 1.29 is 14.8 Å². The van der Waals surface area contributed by atoms with Crippen LogP contribution in [-0.2, 0) is 0 Å². The van der Waals surface area contributed by atoms with Crippen molar-refractivity contribution in [1.82, 2.24) is 0 Å². The molecular weight excluding hydrogens is 306 g/mol. The molecule has 1 N–H and O–H groups in total. The minimum atomic E-state index is -0.593. The summed E-state index contributed by atoms with van der Waals surface area (Å²) in [6, 6.07) is 12.6. The summed E-state index contributed by atoms with van der Waals surface area (Å²) in [7, 11) is 0. The first-order chi connectivity index (χ1) is 10.5. The smallest absolute Gasteiger partial charge is 0.211 e. The molecule has 2 rings (SSSR count). The van der Waals surface area contributed by atoms with Crippen molar-refractivity contribution in [1.29, 1.82) is 0 Å². The Kier molecular flexibility index (Phi) is 5.12. The molecule has 0 aliphatic carbocycles. The Morgan fingerprint density at radius 3 is 2.41 bits per heavy atom. The van der Waals surface area contributed by atoms with E-state index >= 15 is 0 Å². The number of nitro groups is 1. The third kappa shape index (κ3) is 4.05. The van der Waals surface area contributed by atoms with Crippen LogP contribution in [0.4, 0.5) is 0 Å². The number of ketones is 1. The van der Waals surface area contributed by atoms with Crippen molar-refractivity contribution in [2.45, 2.75) is 12.3 Å². The number of phenolic OH excluding ortho intramolecular Hbond substituents is 1. The van der Waals surface area contributed by atoms with Crippen LogP contribution in [0.2, 0.25) is 5.02 Å². The van der Waals surface area contributed by atoms with E-state index in [1.54, 1.807) is 24.3 Å². The first kappa shape index (κ1) is 16.0. The predicted octanol–water partition coefficient (Wildman–Crippen LogP) is 3.68. The van der Waals surface area contributed by atoms with Crippen LogP contribution in [0.1, 0.15) is 28.3 Å². The maximum atomic E-state index is 12.3. The molecule has 0 aromatic heterocycles. The number of rotatable bonds is 6. The lowest BCUT2D eigenvalue weighted by atomic mass is 9.91. The minimum absolute atomic E-state index is 0.0184. The average molecular weight is 320 g/mol. The molecule has 22 heavy (non-hydrogen) atoms. The number of nitrogens with zero attached hydrogens (tertiary/aromatic N) is 1. The quantitative estimate of drug-likeness (QED) is 0.500. The van der Waals surface area contributed by atoms with Crippen molar-refractivity contribution in [2.24, 2.45) is 0 Å². The molecule has 6 heteroatoms. The van der Waals surface area contributed by atoms with Crippen LogP contribution in [0, 0.1) is 10.1 Å². The zero-order valence-electron chi connectivity index (χ0n) is 11.6. The van der Waals surface area contributed by atoms with Crippen LogP contribution < -0.4 is 0 Å². The van der Waals surface area contributed by atoms with Crippen LogP contribution in [-0.4, -0.2) is 22.4 Å². The molecule has 0 spiro atoms. The molecule has 0 aliphatic rings. The molecule has 0 saturated carbocycles. The van der Waals surface area contributed by atoms with E-state index in [2.05, 4.69) is 0 Å². The van der Waals surface area contributed by atoms with E-state index in [0.717, 1.165) is 0 Å². The molecule has 0 saturated heterocycles. The molecule has 0 amide bonds. The summed E-state index contributed by atoms with van der Waals surface area (Å²) in [4.78, 5) is 22.7. The van der Waals surface area contributed by atoms with Gasteiger partial charge in [-0.15, -0.1) is 0 Å². The van der Waals surface area contributed by atoms with E-state index in [0.29, 0.717) is 16.1 Å². The van der Waals surface area contributed by atoms with Gasteiger partial charge in [0.05, 0.1) is 5.92 Å². The zero-order chi connectivity index (χ0) is 16.1. The normalized spacial score (nSPS) is 11.9. The van der Waals surface area contributed by atoms with Crippen LogP contribution in [0.25, 0.3) is 0 Å². The molecule has 2 aromatic rings. The number of benzene rings is 2. The second-order valence-electron chi connectivity index (χ2n) is 4.91. The zero-order valence-corrected chi connectivity index (χ0v) is 12.4. The Hall–Kier alpha value is -2.40. The highest BCUT2D eigenvalue weighted by atomic mass is 35.5. The highest BCUT2D eigenvalue weighted by Crippen LogP contribution is 2.28. The summed E-state index contributed by atoms with van der Waals surface area (Å²) in [5.74, 6) is -0.763. The number of halogens is 1. The Morgan fingerprint density at radius 2 is 1.82 bits per heavy atom. The Morgan fingerprint density at radius 1 is 1.18 bits per heavy atom. The Bertz CT molecular complexity index is 685. The average Bonchev–Trinajstić information content (AvgIpc) is 2.47. The fraction of sp³-hybridized carbons (Fsp3) is 0.188. The summed E-state index contributed by atoms with van der Waals surface area (Å²) >= 11 is 6.09. The second kappa shape index (κ2) is 7.04. The van der Waals surface area contributed by atoms with Gasteiger partial charge in [0.15, 0.2) is 5.78 Å². The van der Waals surface area contributed by atoms with Crippen molar-refractivity contribution in [3.05, 3.63) is 74.8 Å². The van der Waals surface area contributed by atoms with Crippen LogP contribution in [0.3, 0.4) is 0 Å². The van der Waals surface area contributed by atoms with E-state index in [-0.39, 0.29) is 24.5 Å². The van der Waals surface area contributed by atoms with E-state index < -0.39 is 10.8 Å². The fourth-order valence-corrected chi connectivity index (χ4v) is 2.54. The highest BCUT2D eigenvalue weighted by Gasteiger charge is 2.24. The number of carbonyl (C=O) groups excluding carboxylic acids is 1. The number of hydrogen-bond acceptors (Lipinski definition) is 4. The van der Waals surface area contributed by atoms with Gasteiger partial charge >= 0.3 is 0 Å². The van der Waals surface area contributed by atoms with E-state index in [1.807, 2.05) is 0 Å². The van der Waals surface area contributed by atoms with Gasteiger partial charge in [0, 0.05) is 21.9 Å². The van der Waals surface area contributed by atoms with Crippen LogP contribution in [0.15, 0.2) is 48.5 Å². The molecule has 0 radical (unpaired) electrons. The van der Waals surface area contributed by atoms with Crippen molar-refractivity contribution >= 4 is 17.4 Å². The van der Waals surface area contributed by atoms with Gasteiger partial charge in [0.1, 0.15) is 5.75 Å². The lowest BCUT2D eigenvalue weighted by molar-refractivity contribution is -0.483. The van der Waals surface area contributed by atoms with Gasteiger partial charge in [0.2, 0.25) is 6.54 Å². The van der Waals surface area contributed by atoms with Gasteiger partial charge in [-0.25, -0.2) is 0 Å². The number of hydrogen-bond donors (Lipinski definition) is 1. The van der Waals surface area contributed by atoms with Gasteiger partial charge in [-0.1, -0.05) is 29.8 Å². The lowest BCUT2D eigenvalue weighted by Crippen LogP contribution is -2.17. The monoisotopic (exact) mass is 319 g/mol. The molecule has 0 fully saturated rings. The maximum absolute atomic E-state index is 12.3. The van der Waals surface area contributed by atoms with Crippen molar-refractivity contribution in [3.63, 3.8) is 0 Å². The maximum Gasteiger partial charge on any atom is 0.211 e. The van der Waals surface area contributed by atoms with E-state index in [9.17, 15) is 20.0 Å². The fourth-order valence-electron chi connectivity index (χ4n) is 2.25. The molecule has 1 unspecified atom stereocenters. The Balaban J connectivity index is 2.23. The molecule has 0 bridgehead atoms. The van der Waals surface area contributed by atoms with Gasteiger partial charge in [-0.3, -0.25) is 14.9 Å². The third-order valence-electron chi connectivity index (χ3n) is 3.34. The molecule has 114 valence electrons. The van der Waals surface area contributed by atoms with Crippen LogP contribution >= 0.6 is 11.6 Å². The summed E-state index contributed by atoms with van der Waals surface area (Å²) in [6.07, 6.45) is -0.0184. The molecule has 2 aromatic carbocycles. The Labute approximate surface area is 132 Å². The van der Waals surface area contributed by atoms with Gasteiger partial charge in [0.25, 0.3) is 0 Å². The van der Waals surface area contributed by atoms with Crippen LogP contribution in [0.5, 0.6) is 5.75 Å². The number of phenols is 1. The number of Topliss-reactive ketones (excluding diaryl/α,β-unsaturated/α-hetero) is 1. The summed E-state index contributed by atoms with van der Waals surface area (Å²) < 4.78 is 0. The molecular formula is C16H14ClNO4. The first-order valence-corrected chi connectivity index (χ1v) is 7.03. The number of carbonyl (C=O) groups is 1. The third-order valence-corrected chi connectivity index (χ3v) is 3.68. The molecule has 1 atom stereocenters. The largest absolute Gasteiger partial charge is 0.508 e. The van der Waals surface area contributed by atoms with E-state index in [1.165, 1.54) is 24.3 Å². The summed E-state index contributed by atoms with van der Waals surface area (Å²) in [5, 5.41) is 20.5. The molecule has 0 aliphatic heterocycles. The SMILES string of the molecule is O=C(CC(C[N+](=O)[O-])c1ccccc1Cl)c1ccc(O)cc1. The van der Waals surface area contributed by atoms with E-state index in [4.69, 9.17) is 11.6 Å². The van der Waals surface area contributed by atoms with Gasteiger partial charge in [-0.05, 0) is 35.9 Å². The summed E-state index contributed by atoms with van der Waals surface area (Å²) in [6.45, 7) is -0.368. The predicted molar refractivity (Wildman–Crippen MR) is 83.1 cm³/mol. The molecule has 0 heterocycles. The minimum Gasteiger partial charge on any atom is -0.508 e. The highest BCUT2D eigenvalue weighted by molar-refractivity contribution is 6.31. The number of aromatic hydroxyl groups is 1. The van der Waals surface area contributed by atoms with Crippen molar-refractivity contribution in [3.8, 4) is 5.75 Å². The van der Waals surface area contributed by atoms with Crippen molar-refractivity contribution in [2.75, 3.05) is 6.54 Å². The second-order valence-corrected chi connectivity index (χ2v) is 5.32. The standard InChI is InChI=1S/C16H14ClNO4/c17-15-4-2-1-3-14(15)12(10-18(21)22)9-16(20)11-5-7-13(19)8-6-11/h1-8,12,19H,9-10H2. The lowest BCUT2D eigenvalue weighted by Gasteiger charge is -2.14.